The maximum atomic E-state index is 12.3. The molecule has 2 N–H and O–H groups in total. The minimum atomic E-state index is -0.544. The maximum Gasteiger partial charge on any atom is 0.410 e. The Hall–Kier alpha value is -1.30. The molecule has 1 fully saturated rings. The third kappa shape index (κ3) is 5.48. The van der Waals surface area contributed by atoms with Gasteiger partial charge in [0.25, 0.3) is 0 Å². The van der Waals surface area contributed by atoms with E-state index < -0.39 is 11.7 Å². The Kier molecular flexibility index (Phi) is 6.66. The fourth-order valence-corrected chi connectivity index (χ4v) is 2.57. The van der Waals surface area contributed by atoms with Crippen LogP contribution in [0, 0.1) is 5.92 Å². The Labute approximate surface area is 133 Å². The van der Waals surface area contributed by atoms with Gasteiger partial charge in [0, 0.05) is 19.1 Å². The van der Waals surface area contributed by atoms with Crippen LogP contribution in [0.4, 0.5) is 4.79 Å². The molecule has 0 aliphatic carbocycles. The van der Waals surface area contributed by atoms with Crippen LogP contribution in [0.2, 0.25) is 0 Å². The van der Waals surface area contributed by atoms with Gasteiger partial charge in [-0.3, -0.25) is 4.79 Å². The molecule has 2 amide bonds. The van der Waals surface area contributed by atoms with Crippen LogP contribution < -0.4 is 5.32 Å². The van der Waals surface area contributed by atoms with E-state index in [1.807, 2.05) is 34.6 Å². The van der Waals surface area contributed by atoms with Gasteiger partial charge in [0.1, 0.15) is 5.60 Å². The molecule has 3 atom stereocenters. The quantitative estimate of drug-likeness (QED) is 0.831. The zero-order valence-electron chi connectivity index (χ0n) is 14.4. The highest BCUT2D eigenvalue weighted by Gasteiger charge is 2.37. The van der Waals surface area contributed by atoms with Crippen LogP contribution in [-0.2, 0) is 9.53 Å². The molecule has 1 heterocycles. The first-order chi connectivity index (χ1) is 10.2. The highest BCUT2D eigenvalue weighted by atomic mass is 16.6. The fourth-order valence-electron chi connectivity index (χ4n) is 2.57. The fraction of sp³-hybridized carbons (Fsp3) is 0.875. The second kappa shape index (κ2) is 7.81. The van der Waals surface area contributed by atoms with Crippen molar-refractivity contribution in [2.24, 2.45) is 5.92 Å². The molecule has 0 spiro atoms. The van der Waals surface area contributed by atoms with Gasteiger partial charge < -0.3 is 20.1 Å². The van der Waals surface area contributed by atoms with Gasteiger partial charge in [0.05, 0.1) is 12.0 Å². The van der Waals surface area contributed by atoms with Gasteiger partial charge in [-0.1, -0.05) is 6.92 Å². The summed E-state index contributed by atoms with van der Waals surface area (Å²) in [6.07, 6.45) is 1.23. The second-order valence-corrected chi connectivity index (χ2v) is 6.97. The van der Waals surface area contributed by atoms with E-state index in [0.29, 0.717) is 13.0 Å². The van der Waals surface area contributed by atoms with E-state index in [9.17, 15) is 14.7 Å². The van der Waals surface area contributed by atoms with Crippen LogP contribution >= 0.6 is 0 Å². The standard InChI is InChI=1S/C16H30N2O4/c1-6-12(19)10-17-14(20)13-8-7-9-18(11(13)2)15(21)22-16(3,4)5/h11-13,19H,6-10H2,1-5H3,(H,17,20)/t11-,12-,13-/m1/s1. The first-order valence-electron chi connectivity index (χ1n) is 8.11. The number of nitrogens with zero attached hydrogens (tertiary/aromatic N) is 1. The van der Waals surface area contributed by atoms with Crippen LogP contribution in [0.3, 0.4) is 0 Å². The zero-order chi connectivity index (χ0) is 16.9. The number of hydrogen-bond acceptors (Lipinski definition) is 4. The van der Waals surface area contributed by atoms with Gasteiger partial charge in [-0.15, -0.1) is 0 Å². The summed E-state index contributed by atoms with van der Waals surface area (Å²) < 4.78 is 5.41. The molecule has 0 aromatic heterocycles. The van der Waals surface area contributed by atoms with Gasteiger partial charge in [-0.05, 0) is 47.0 Å². The molecular formula is C16H30N2O4. The van der Waals surface area contributed by atoms with Crippen LogP contribution in [0.1, 0.15) is 53.9 Å². The van der Waals surface area contributed by atoms with Crippen LogP contribution in [-0.4, -0.2) is 52.8 Å². The van der Waals surface area contributed by atoms with Crippen LogP contribution in [0.25, 0.3) is 0 Å². The summed E-state index contributed by atoms with van der Waals surface area (Å²) >= 11 is 0. The van der Waals surface area contributed by atoms with Crippen LogP contribution in [0.15, 0.2) is 0 Å². The summed E-state index contributed by atoms with van der Waals surface area (Å²) in [6, 6.07) is -0.206. The molecule has 0 radical (unpaired) electrons. The Balaban J connectivity index is 2.63. The molecule has 128 valence electrons. The Morgan fingerprint density at radius 2 is 2.05 bits per heavy atom. The Morgan fingerprint density at radius 3 is 2.59 bits per heavy atom. The van der Waals surface area contributed by atoms with Crippen molar-refractivity contribution in [3.05, 3.63) is 0 Å². The van der Waals surface area contributed by atoms with Crippen LogP contribution in [0.5, 0.6) is 0 Å². The topological polar surface area (TPSA) is 78.9 Å². The smallest absolute Gasteiger partial charge is 0.410 e. The number of amides is 2. The lowest BCUT2D eigenvalue weighted by atomic mass is 9.89. The number of piperidine rings is 1. The number of carbonyl (C=O) groups is 2. The largest absolute Gasteiger partial charge is 0.444 e. The number of aliphatic hydroxyl groups is 1. The molecule has 1 saturated heterocycles. The molecule has 0 saturated carbocycles. The van der Waals surface area contributed by atoms with Crippen molar-refractivity contribution in [3.8, 4) is 0 Å². The molecule has 6 nitrogen and oxygen atoms in total. The van der Waals surface area contributed by atoms with Crippen molar-refractivity contribution in [1.29, 1.82) is 0 Å². The molecule has 0 bridgehead atoms. The van der Waals surface area contributed by atoms with E-state index in [0.717, 1.165) is 12.8 Å². The molecule has 1 aliphatic heterocycles. The Bertz CT molecular complexity index is 392. The number of rotatable bonds is 4. The van der Waals surface area contributed by atoms with Gasteiger partial charge in [-0.2, -0.15) is 0 Å². The van der Waals surface area contributed by atoms with Gasteiger partial charge >= 0.3 is 6.09 Å². The molecule has 1 rings (SSSR count). The lowest BCUT2D eigenvalue weighted by Gasteiger charge is -2.39. The van der Waals surface area contributed by atoms with E-state index in [2.05, 4.69) is 5.32 Å². The summed E-state index contributed by atoms with van der Waals surface area (Å²) in [4.78, 5) is 26.2. The molecule has 1 aliphatic rings. The highest BCUT2D eigenvalue weighted by Crippen LogP contribution is 2.25. The maximum absolute atomic E-state index is 12.3. The molecule has 0 unspecified atom stereocenters. The van der Waals surface area contributed by atoms with Crippen molar-refractivity contribution >= 4 is 12.0 Å². The molecule has 22 heavy (non-hydrogen) atoms. The molecule has 0 aromatic rings. The minimum Gasteiger partial charge on any atom is -0.444 e. The third-order valence-electron chi connectivity index (χ3n) is 3.94. The van der Waals surface area contributed by atoms with E-state index in [-0.39, 0.29) is 30.5 Å². The van der Waals surface area contributed by atoms with Gasteiger partial charge in [0.2, 0.25) is 5.91 Å². The summed E-state index contributed by atoms with van der Waals surface area (Å²) in [7, 11) is 0. The van der Waals surface area contributed by atoms with E-state index >= 15 is 0 Å². The molecule has 6 heteroatoms. The summed E-state index contributed by atoms with van der Waals surface area (Å²) in [5.74, 6) is -0.362. The molecular weight excluding hydrogens is 284 g/mol. The second-order valence-electron chi connectivity index (χ2n) is 6.97. The summed E-state index contributed by atoms with van der Waals surface area (Å²) in [5.41, 5.74) is -0.544. The third-order valence-corrected chi connectivity index (χ3v) is 3.94. The highest BCUT2D eigenvalue weighted by molar-refractivity contribution is 5.80. The summed E-state index contributed by atoms with van der Waals surface area (Å²) in [6.45, 7) is 10.1. The summed E-state index contributed by atoms with van der Waals surface area (Å²) in [5, 5.41) is 12.3. The number of hydrogen-bond donors (Lipinski definition) is 2. The normalized spacial score (nSPS) is 23.8. The van der Waals surface area contributed by atoms with Gasteiger partial charge in [0.15, 0.2) is 0 Å². The number of ether oxygens (including phenoxy) is 1. The number of aliphatic hydroxyl groups excluding tert-OH is 1. The van der Waals surface area contributed by atoms with Crippen molar-refractivity contribution in [2.45, 2.75) is 71.6 Å². The van der Waals surface area contributed by atoms with E-state index in [1.54, 1.807) is 4.90 Å². The SMILES string of the molecule is CC[C@@H](O)CNC(=O)[C@@H]1CCCN(C(=O)OC(C)(C)C)[C@@H]1C. The average molecular weight is 314 g/mol. The van der Waals surface area contributed by atoms with Crippen molar-refractivity contribution in [3.63, 3.8) is 0 Å². The van der Waals surface area contributed by atoms with Gasteiger partial charge in [-0.25, -0.2) is 4.79 Å². The number of carbonyl (C=O) groups excluding carboxylic acids is 2. The zero-order valence-corrected chi connectivity index (χ0v) is 14.4. The van der Waals surface area contributed by atoms with E-state index in [4.69, 9.17) is 4.74 Å². The van der Waals surface area contributed by atoms with Crippen molar-refractivity contribution < 1.29 is 19.4 Å². The van der Waals surface area contributed by atoms with E-state index in [1.165, 1.54) is 0 Å². The Morgan fingerprint density at radius 1 is 1.41 bits per heavy atom. The number of nitrogens with one attached hydrogen (secondary N) is 1. The van der Waals surface area contributed by atoms with Crippen molar-refractivity contribution in [2.75, 3.05) is 13.1 Å². The monoisotopic (exact) mass is 314 g/mol. The van der Waals surface area contributed by atoms with Crippen molar-refractivity contribution in [1.82, 2.24) is 10.2 Å². The average Bonchev–Trinajstić information content (AvgIpc) is 2.42. The predicted molar refractivity (Wildman–Crippen MR) is 84.4 cm³/mol. The lowest BCUT2D eigenvalue weighted by Crippen LogP contribution is -2.53. The number of likely N-dealkylation sites (tertiary alicyclic amines) is 1. The molecule has 0 aromatic carbocycles. The lowest BCUT2D eigenvalue weighted by molar-refractivity contribution is -0.128. The minimum absolute atomic E-state index is 0.103. The predicted octanol–water partition coefficient (Wildman–Crippen LogP) is 1.91. The first-order valence-corrected chi connectivity index (χ1v) is 8.11. The first kappa shape index (κ1) is 18.7.